The number of amides is 2. The van der Waals surface area contributed by atoms with Crippen LogP contribution >= 0.6 is 0 Å². The highest BCUT2D eigenvalue weighted by molar-refractivity contribution is 5.96. The van der Waals surface area contributed by atoms with Gasteiger partial charge < -0.3 is 15.6 Å². The van der Waals surface area contributed by atoms with E-state index in [0.29, 0.717) is 18.7 Å². The number of rotatable bonds is 2. The van der Waals surface area contributed by atoms with Crippen LogP contribution in [-0.2, 0) is 4.79 Å². The third-order valence-electron chi connectivity index (χ3n) is 2.85. The first-order valence-corrected chi connectivity index (χ1v) is 5.83. The Bertz CT molecular complexity index is 444. The highest BCUT2D eigenvalue weighted by atomic mass is 16.2. The summed E-state index contributed by atoms with van der Waals surface area (Å²) in [6.07, 6.45) is 0.778. The van der Waals surface area contributed by atoms with Crippen LogP contribution in [0.2, 0.25) is 0 Å². The van der Waals surface area contributed by atoms with Gasteiger partial charge in [-0.1, -0.05) is 0 Å². The van der Waals surface area contributed by atoms with E-state index < -0.39 is 0 Å². The van der Waals surface area contributed by atoms with Crippen molar-refractivity contribution in [3.8, 4) is 0 Å². The quantitative estimate of drug-likeness (QED) is 0.505. The van der Waals surface area contributed by atoms with Gasteiger partial charge in [0.05, 0.1) is 6.54 Å². The van der Waals surface area contributed by atoms with Gasteiger partial charge >= 0.3 is 0 Å². The number of carbonyl (C=O) groups is 2. The molecule has 4 N–H and O–H groups in total. The van der Waals surface area contributed by atoms with Gasteiger partial charge in [-0.15, -0.1) is 0 Å². The van der Waals surface area contributed by atoms with Crippen molar-refractivity contribution < 1.29 is 9.59 Å². The molecule has 6 nitrogen and oxygen atoms in total. The molecule has 96 valence electrons. The van der Waals surface area contributed by atoms with Crippen molar-refractivity contribution in [1.29, 1.82) is 0 Å². The van der Waals surface area contributed by atoms with Gasteiger partial charge in [-0.05, 0) is 30.7 Å². The summed E-state index contributed by atoms with van der Waals surface area (Å²) in [6, 6.07) is 6.84. The van der Waals surface area contributed by atoms with E-state index in [9.17, 15) is 9.59 Å². The number of nitrogen functional groups attached to an aromatic ring is 1. The summed E-state index contributed by atoms with van der Waals surface area (Å²) in [5, 5.41) is 2.74. The summed E-state index contributed by atoms with van der Waals surface area (Å²) in [4.78, 5) is 25.2. The number of nitrogens with zero attached hydrogens (tertiary/aromatic N) is 1. The number of carbonyl (C=O) groups excluding carboxylic acids is 2. The lowest BCUT2D eigenvalue weighted by atomic mass is 10.2. The molecule has 1 heterocycles. The van der Waals surface area contributed by atoms with Crippen LogP contribution in [0.25, 0.3) is 0 Å². The SMILES string of the molecule is NNc1ccc(C(=O)N2CCCNC(=O)C2)cc1. The van der Waals surface area contributed by atoms with Crippen molar-refractivity contribution in [3.05, 3.63) is 29.8 Å². The Morgan fingerprint density at radius 3 is 2.72 bits per heavy atom. The molecule has 0 saturated carbocycles. The van der Waals surface area contributed by atoms with E-state index in [4.69, 9.17) is 5.84 Å². The number of hydrogen-bond donors (Lipinski definition) is 3. The van der Waals surface area contributed by atoms with Gasteiger partial charge in [0.1, 0.15) is 0 Å². The average molecular weight is 248 g/mol. The number of nitrogens with two attached hydrogens (primary N) is 1. The first-order chi connectivity index (χ1) is 8.70. The Kier molecular flexibility index (Phi) is 3.78. The molecule has 0 spiro atoms. The minimum atomic E-state index is -0.129. The van der Waals surface area contributed by atoms with Crippen molar-refractivity contribution in [3.63, 3.8) is 0 Å². The number of anilines is 1. The van der Waals surface area contributed by atoms with Crippen LogP contribution in [0.4, 0.5) is 5.69 Å². The van der Waals surface area contributed by atoms with Crippen LogP contribution in [0.3, 0.4) is 0 Å². The van der Waals surface area contributed by atoms with Crippen molar-refractivity contribution in [2.24, 2.45) is 5.84 Å². The predicted octanol–water partition coefficient (Wildman–Crippen LogP) is -0.0657. The first-order valence-electron chi connectivity index (χ1n) is 5.83. The number of hydrazine groups is 1. The molecule has 1 aromatic carbocycles. The van der Waals surface area contributed by atoms with Crippen LogP contribution < -0.4 is 16.6 Å². The summed E-state index contributed by atoms with van der Waals surface area (Å²) in [5.41, 5.74) is 3.80. The van der Waals surface area contributed by atoms with Crippen LogP contribution in [0.15, 0.2) is 24.3 Å². The maximum atomic E-state index is 12.2. The lowest BCUT2D eigenvalue weighted by Crippen LogP contribution is -2.37. The van der Waals surface area contributed by atoms with E-state index in [1.165, 1.54) is 0 Å². The summed E-state index contributed by atoms with van der Waals surface area (Å²) in [7, 11) is 0. The molecule has 2 amide bonds. The summed E-state index contributed by atoms with van der Waals surface area (Å²) in [5.74, 6) is 5.02. The highest BCUT2D eigenvalue weighted by Crippen LogP contribution is 2.11. The summed E-state index contributed by atoms with van der Waals surface area (Å²) in [6.45, 7) is 1.34. The highest BCUT2D eigenvalue weighted by Gasteiger charge is 2.20. The molecule has 1 aliphatic rings. The standard InChI is InChI=1S/C12H16N4O2/c13-15-10-4-2-9(3-5-10)12(18)16-7-1-6-14-11(17)8-16/h2-5,15H,1,6-8,13H2,(H,14,17). The van der Waals surface area contributed by atoms with Gasteiger partial charge in [0, 0.05) is 24.3 Å². The van der Waals surface area contributed by atoms with Crippen molar-refractivity contribution in [2.45, 2.75) is 6.42 Å². The molecule has 0 unspecified atom stereocenters. The molecule has 1 saturated heterocycles. The second kappa shape index (κ2) is 5.50. The van der Waals surface area contributed by atoms with Gasteiger partial charge in [-0.3, -0.25) is 15.4 Å². The van der Waals surface area contributed by atoms with E-state index >= 15 is 0 Å². The maximum Gasteiger partial charge on any atom is 0.254 e. The number of hydrogen-bond acceptors (Lipinski definition) is 4. The fraction of sp³-hybridized carbons (Fsp3) is 0.333. The van der Waals surface area contributed by atoms with Gasteiger partial charge in [-0.25, -0.2) is 0 Å². The predicted molar refractivity (Wildman–Crippen MR) is 67.8 cm³/mol. The van der Waals surface area contributed by atoms with E-state index in [1.54, 1.807) is 29.2 Å². The summed E-state index contributed by atoms with van der Waals surface area (Å²) >= 11 is 0. The monoisotopic (exact) mass is 248 g/mol. The van der Waals surface area contributed by atoms with E-state index in [-0.39, 0.29) is 18.4 Å². The fourth-order valence-electron chi connectivity index (χ4n) is 1.87. The average Bonchev–Trinajstić information content (AvgIpc) is 2.63. The minimum Gasteiger partial charge on any atom is -0.354 e. The molecule has 1 fully saturated rings. The third-order valence-corrected chi connectivity index (χ3v) is 2.85. The van der Waals surface area contributed by atoms with Crippen molar-refractivity contribution >= 4 is 17.5 Å². The van der Waals surface area contributed by atoms with Crippen molar-refractivity contribution in [1.82, 2.24) is 10.2 Å². The summed E-state index contributed by atoms with van der Waals surface area (Å²) < 4.78 is 0. The van der Waals surface area contributed by atoms with E-state index in [2.05, 4.69) is 10.7 Å². The molecule has 0 atom stereocenters. The molecule has 0 aromatic heterocycles. The topological polar surface area (TPSA) is 87.5 Å². The zero-order valence-corrected chi connectivity index (χ0v) is 9.98. The Morgan fingerprint density at radius 1 is 1.33 bits per heavy atom. The van der Waals surface area contributed by atoms with Crippen molar-refractivity contribution in [2.75, 3.05) is 25.1 Å². The molecular weight excluding hydrogens is 232 g/mol. The molecule has 0 aliphatic carbocycles. The molecule has 0 bridgehead atoms. The second-order valence-electron chi connectivity index (χ2n) is 4.15. The Labute approximate surface area is 105 Å². The Morgan fingerprint density at radius 2 is 2.06 bits per heavy atom. The maximum absolute atomic E-state index is 12.2. The lowest BCUT2D eigenvalue weighted by Gasteiger charge is -2.19. The Balaban J connectivity index is 2.11. The number of benzene rings is 1. The molecule has 18 heavy (non-hydrogen) atoms. The molecular formula is C12H16N4O2. The van der Waals surface area contributed by atoms with Crippen LogP contribution in [0.5, 0.6) is 0 Å². The third kappa shape index (κ3) is 2.78. The zero-order chi connectivity index (χ0) is 13.0. The number of nitrogens with one attached hydrogen (secondary N) is 2. The van der Waals surface area contributed by atoms with Crippen LogP contribution in [0.1, 0.15) is 16.8 Å². The molecule has 6 heteroatoms. The molecule has 0 radical (unpaired) electrons. The van der Waals surface area contributed by atoms with Gasteiger partial charge in [0.15, 0.2) is 0 Å². The smallest absolute Gasteiger partial charge is 0.254 e. The fourth-order valence-corrected chi connectivity index (χ4v) is 1.87. The van der Waals surface area contributed by atoms with E-state index in [1.807, 2.05) is 0 Å². The van der Waals surface area contributed by atoms with Gasteiger partial charge in [-0.2, -0.15) is 0 Å². The lowest BCUT2D eigenvalue weighted by molar-refractivity contribution is -0.121. The van der Waals surface area contributed by atoms with Crippen LogP contribution in [-0.4, -0.2) is 36.3 Å². The molecule has 2 rings (SSSR count). The van der Waals surface area contributed by atoms with Gasteiger partial charge in [0.2, 0.25) is 5.91 Å². The molecule has 1 aliphatic heterocycles. The molecule has 1 aromatic rings. The van der Waals surface area contributed by atoms with Gasteiger partial charge in [0.25, 0.3) is 5.91 Å². The first kappa shape index (κ1) is 12.4. The normalized spacial score (nSPS) is 15.8. The van der Waals surface area contributed by atoms with E-state index in [0.717, 1.165) is 12.1 Å². The zero-order valence-electron chi connectivity index (χ0n) is 9.98. The Hall–Kier alpha value is -2.08. The second-order valence-corrected chi connectivity index (χ2v) is 4.15. The van der Waals surface area contributed by atoms with Crippen LogP contribution in [0, 0.1) is 0 Å². The minimum absolute atomic E-state index is 0.110. The largest absolute Gasteiger partial charge is 0.354 e.